The van der Waals surface area contributed by atoms with Gasteiger partial charge in [0.25, 0.3) is 0 Å². The number of rotatable bonds is 5. The van der Waals surface area contributed by atoms with Gasteiger partial charge in [-0.1, -0.05) is 30.3 Å². The fraction of sp³-hybridized carbons (Fsp3) is 0.208. The Bertz CT molecular complexity index is 1190. The van der Waals surface area contributed by atoms with Crippen molar-refractivity contribution in [3.63, 3.8) is 0 Å². The normalized spacial score (nSPS) is 15.4. The van der Waals surface area contributed by atoms with Crippen LogP contribution in [0.5, 0.6) is 11.6 Å². The van der Waals surface area contributed by atoms with Crippen LogP contribution in [0.3, 0.4) is 0 Å². The number of nitrogens with zero attached hydrogens (tertiary/aromatic N) is 5. The lowest BCUT2D eigenvalue weighted by molar-refractivity contribution is 0.367. The third-order valence-electron chi connectivity index (χ3n) is 5.04. The number of para-hydroxylation sites is 1. The van der Waals surface area contributed by atoms with Crippen molar-refractivity contribution in [1.29, 1.82) is 5.26 Å². The van der Waals surface area contributed by atoms with Gasteiger partial charge in [0.1, 0.15) is 17.4 Å². The molecule has 0 amide bonds. The lowest BCUT2D eigenvalue weighted by atomic mass is 9.84. The van der Waals surface area contributed by atoms with Gasteiger partial charge in [0.2, 0.25) is 11.8 Å². The van der Waals surface area contributed by atoms with Crippen molar-refractivity contribution in [3.05, 3.63) is 82.9 Å². The Hall–Kier alpha value is -4.05. The summed E-state index contributed by atoms with van der Waals surface area (Å²) in [5.41, 5.74) is 3.90. The van der Waals surface area contributed by atoms with E-state index < -0.39 is 0 Å². The molecule has 0 saturated carbocycles. The maximum Gasteiger partial charge on any atom is 0.237 e. The predicted octanol–water partition coefficient (Wildman–Crippen LogP) is 4.04. The molecule has 31 heavy (non-hydrogen) atoms. The number of ether oxygens (including phenoxy) is 2. The van der Waals surface area contributed by atoms with Crippen LogP contribution in [-0.4, -0.2) is 42.2 Å². The van der Waals surface area contributed by atoms with Crippen molar-refractivity contribution >= 4 is 6.34 Å². The van der Waals surface area contributed by atoms with Crippen LogP contribution >= 0.6 is 0 Å². The third-order valence-corrected chi connectivity index (χ3v) is 5.04. The van der Waals surface area contributed by atoms with E-state index in [9.17, 15) is 5.26 Å². The Morgan fingerprint density at radius 2 is 1.87 bits per heavy atom. The second kappa shape index (κ2) is 8.36. The summed E-state index contributed by atoms with van der Waals surface area (Å²) in [7, 11) is 5.36. The van der Waals surface area contributed by atoms with Gasteiger partial charge in [0.05, 0.1) is 36.3 Å². The number of benzene rings is 2. The van der Waals surface area contributed by atoms with Gasteiger partial charge in [-0.2, -0.15) is 10.4 Å². The highest BCUT2D eigenvalue weighted by Crippen LogP contribution is 2.45. The molecule has 0 fully saturated rings. The largest absolute Gasteiger partial charge is 0.497 e. The Balaban J connectivity index is 1.95. The summed E-state index contributed by atoms with van der Waals surface area (Å²) >= 11 is 0. The lowest BCUT2D eigenvalue weighted by Gasteiger charge is -2.25. The van der Waals surface area contributed by atoms with E-state index >= 15 is 0 Å². The van der Waals surface area contributed by atoms with Crippen molar-refractivity contribution in [2.45, 2.75) is 12.8 Å². The van der Waals surface area contributed by atoms with E-state index in [0.29, 0.717) is 11.5 Å². The number of allylic oxidation sites excluding steroid dienone is 1. The average molecular weight is 413 g/mol. The standard InChI is InChI=1S/C24H23N5O2/c1-16-21-22(17-10-12-19(30-4)13-11-17)20(14-25)23(26-15-28(2)3)31-24(21)29(27-16)18-8-6-5-7-9-18/h5-13,15,22H,1-4H3/t22-/m0/s1. The van der Waals surface area contributed by atoms with Crippen LogP contribution in [0.1, 0.15) is 22.7 Å². The van der Waals surface area contributed by atoms with Gasteiger partial charge in [-0.15, -0.1) is 0 Å². The molecular weight excluding hydrogens is 390 g/mol. The van der Waals surface area contributed by atoms with Crippen molar-refractivity contribution in [2.75, 3.05) is 21.2 Å². The monoisotopic (exact) mass is 413 g/mol. The molecule has 0 radical (unpaired) electrons. The molecule has 4 rings (SSSR count). The first kappa shape index (κ1) is 20.2. The highest BCUT2D eigenvalue weighted by molar-refractivity contribution is 5.61. The van der Waals surface area contributed by atoms with Crippen molar-refractivity contribution in [3.8, 4) is 23.4 Å². The fourth-order valence-corrected chi connectivity index (χ4v) is 3.61. The van der Waals surface area contributed by atoms with E-state index in [0.717, 1.165) is 28.3 Å². The number of aryl methyl sites for hydroxylation is 1. The highest BCUT2D eigenvalue weighted by atomic mass is 16.5. The van der Waals surface area contributed by atoms with Gasteiger partial charge in [-0.3, -0.25) is 0 Å². The molecule has 0 spiro atoms. The molecule has 1 aliphatic rings. The van der Waals surface area contributed by atoms with Crippen LogP contribution < -0.4 is 9.47 Å². The molecular formula is C24H23N5O2. The zero-order valence-corrected chi connectivity index (χ0v) is 17.9. The molecule has 2 aromatic carbocycles. The molecule has 0 unspecified atom stereocenters. The molecule has 7 nitrogen and oxygen atoms in total. The zero-order valence-electron chi connectivity index (χ0n) is 17.9. The first-order chi connectivity index (χ1) is 15.0. The number of aliphatic imine (C=N–C) groups is 1. The van der Waals surface area contributed by atoms with Gasteiger partial charge < -0.3 is 14.4 Å². The maximum atomic E-state index is 10.1. The molecule has 156 valence electrons. The number of methoxy groups -OCH3 is 1. The summed E-state index contributed by atoms with van der Waals surface area (Å²) in [5, 5.41) is 14.8. The minimum Gasteiger partial charge on any atom is -0.497 e. The van der Waals surface area contributed by atoms with Gasteiger partial charge in [-0.05, 0) is 36.8 Å². The van der Waals surface area contributed by atoms with Crippen molar-refractivity contribution < 1.29 is 9.47 Å². The molecule has 0 N–H and O–H groups in total. The second-order valence-corrected chi connectivity index (χ2v) is 7.40. The van der Waals surface area contributed by atoms with E-state index in [1.165, 1.54) is 0 Å². The molecule has 2 heterocycles. The zero-order chi connectivity index (χ0) is 22.0. The number of hydrogen-bond acceptors (Lipinski definition) is 5. The van der Waals surface area contributed by atoms with Gasteiger partial charge in [0.15, 0.2) is 0 Å². The average Bonchev–Trinajstić information content (AvgIpc) is 3.13. The van der Waals surface area contributed by atoms with E-state index in [1.54, 1.807) is 23.0 Å². The highest BCUT2D eigenvalue weighted by Gasteiger charge is 2.36. The van der Waals surface area contributed by atoms with Crippen LogP contribution in [0.2, 0.25) is 0 Å². The molecule has 0 saturated heterocycles. The number of fused-ring (bicyclic) bond motifs is 1. The Kier molecular flexibility index (Phi) is 5.46. The number of hydrogen-bond donors (Lipinski definition) is 0. The maximum absolute atomic E-state index is 10.1. The summed E-state index contributed by atoms with van der Waals surface area (Å²) in [6, 6.07) is 19.8. The van der Waals surface area contributed by atoms with E-state index in [1.807, 2.05) is 75.6 Å². The lowest BCUT2D eigenvalue weighted by Crippen LogP contribution is -2.18. The molecule has 1 atom stereocenters. The summed E-state index contributed by atoms with van der Waals surface area (Å²) in [5.74, 6) is 1.23. The van der Waals surface area contributed by atoms with E-state index in [4.69, 9.17) is 14.6 Å². The molecule has 0 bridgehead atoms. The topological polar surface area (TPSA) is 75.7 Å². The van der Waals surface area contributed by atoms with Crippen LogP contribution in [0, 0.1) is 18.3 Å². The van der Waals surface area contributed by atoms with Crippen LogP contribution in [0.25, 0.3) is 5.69 Å². The summed E-state index contributed by atoms with van der Waals surface area (Å²) < 4.78 is 13.3. The minimum absolute atomic E-state index is 0.265. The van der Waals surface area contributed by atoms with Crippen LogP contribution in [0.15, 0.2) is 71.0 Å². The quantitative estimate of drug-likeness (QED) is 0.466. The first-order valence-electron chi connectivity index (χ1n) is 9.85. The SMILES string of the molecule is COc1ccc([C@H]2C(C#N)=C(N=CN(C)C)Oc3c2c(C)nn3-c2ccccc2)cc1. The second-order valence-electron chi connectivity index (χ2n) is 7.40. The fourth-order valence-electron chi connectivity index (χ4n) is 3.61. The van der Waals surface area contributed by atoms with Crippen LogP contribution in [-0.2, 0) is 0 Å². The van der Waals surface area contributed by atoms with Gasteiger partial charge in [-0.25, -0.2) is 9.67 Å². The summed E-state index contributed by atoms with van der Waals surface area (Å²) in [4.78, 5) is 6.25. The van der Waals surface area contributed by atoms with E-state index in [-0.39, 0.29) is 11.8 Å². The number of aromatic nitrogens is 2. The number of nitriles is 1. The first-order valence-corrected chi connectivity index (χ1v) is 9.85. The van der Waals surface area contributed by atoms with Gasteiger partial charge in [0, 0.05) is 14.1 Å². The van der Waals surface area contributed by atoms with Gasteiger partial charge >= 0.3 is 0 Å². The van der Waals surface area contributed by atoms with Crippen molar-refractivity contribution in [2.24, 2.45) is 4.99 Å². The Labute approximate surface area is 181 Å². The third kappa shape index (κ3) is 3.76. The Morgan fingerprint density at radius 1 is 1.16 bits per heavy atom. The van der Waals surface area contributed by atoms with Crippen LogP contribution in [0.4, 0.5) is 0 Å². The summed E-state index contributed by atoms with van der Waals surface area (Å²) in [6.07, 6.45) is 1.62. The van der Waals surface area contributed by atoms with Crippen molar-refractivity contribution in [1.82, 2.24) is 14.7 Å². The predicted molar refractivity (Wildman–Crippen MR) is 119 cm³/mol. The molecule has 3 aromatic rings. The Morgan fingerprint density at radius 3 is 2.48 bits per heavy atom. The summed E-state index contributed by atoms with van der Waals surface area (Å²) in [6.45, 7) is 1.93. The van der Waals surface area contributed by atoms with E-state index in [2.05, 4.69) is 11.1 Å². The molecule has 1 aliphatic heterocycles. The molecule has 7 heteroatoms. The minimum atomic E-state index is -0.355. The molecule has 1 aromatic heterocycles. The smallest absolute Gasteiger partial charge is 0.237 e. The molecule has 0 aliphatic carbocycles.